The molecule has 2 aliphatic rings. The van der Waals surface area contributed by atoms with Crippen LogP contribution in [0.5, 0.6) is 0 Å². The maximum absolute atomic E-state index is 6.26. The van der Waals surface area contributed by atoms with Gasteiger partial charge < -0.3 is 19.5 Å². The van der Waals surface area contributed by atoms with E-state index in [2.05, 4.69) is 12.2 Å². The minimum atomic E-state index is 0.230. The number of ether oxygens (including phenoxy) is 3. The van der Waals surface area contributed by atoms with Crippen LogP contribution in [0.2, 0.25) is 0 Å². The second kappa shape index (κ2) is 7.58. The number of hydrogen-bond donors (Lipinski definition) is 1. The fourth-order valence-corrected chi connectivity index (χ4v) is 3.16. The molecule has 1 N–H and O–H groups in total. The van der Waals surface area contributed by atoms with Gasteiger partial charge in [-0.15, -0.1) is 0 Å². The largest absolute Gasteiger partial charge is 0.381 e. The van der Waals surface area contributed by atoms with Crippen molar-refractivity contribution in [3.63, 3.8) is 0 Å². The molecule has 2 rings (SSSR count). The van der Waals surface area contributed by atoms with Gasteiger partial charge in [-0.2, -0.15) is 0 Å². The molecule has 5 atom stereocenters. The van der Waals surface area contributed by atoms with Crippen LogP contribution in [0.1, 0.15) is 45.4 Å². The molecule has 0 aromatic carbocycles. The Morgan fingerprint density at radius 1 is 1.16 bits per heavy atom. The Labute approximate surface area is 117 Å². The molecule has 5 unspecified atom stereocenters. The third-order valence-corrected chi connectivity index (χ3v) is 4.41. The van der Waals surface area contributed by atoms with Crippen molar-refractivity contribution in [1.82, 2.24) is 5.32 Å². The Morgan fingerprint density at radius 2 is 1.95 bits per heavy atom. The van der Waals surface area contributed by atoms with Gasteiger partial charge in [0.1, 0.15) is 0 Å². The highest BCUT2D eigenvalue weighted by Gasteiger charge is 2.43. The Bertz CT molecular complexity index is 262. The SMILES string of the molecule is CCCOC1C(NC)CC1OC1CCCC(OC)C1. The van der Waals surface area contributed by atoms with Gasteiger partial charge in [-0.25, -0.2) is 0 Å². The van der Waals surface area contributed by atoms with E-state index in [1.807, 2.05) is 7.05 Å². The molecule has 4 heteroatoms. The molecule has 0 heterocycles. The molecule has 0 spiro atoms. The molecule has 112 valence electrons. The van der Waals surface area contributed by atoms with Gasteiger partial charge in [-0.3, -0.25) is 0 Å². The van der Waals surface area contributed by atoms with Gasteiger partial charge in [0.2, 0.25) is 0 Å². The van der Waals surface area contributed by atoms with Gasteiger partial charge in [-0.1, -0.05) is 6.92 Å². The number of hydrogen-bond acceptors (Lipinski definition) is 4. The zero-order valence-electron chi connectivity index (χ0n) is 12.6. The molecule has 2 saturated carbocycles. The van der Waals surface area contributed by atoms with Crippen LogP contribution in [0.15, 0.2) is 0 Å². The van der Waals surface area contributed by atoms with Crippen molar-refractivity contribution in [2.75, 3.05) is 20.8 Å². The summed E-state index contributed by atoms with van der Waals surface area (Å²) in [6, 6.07) is 0.457. The van der Waals surface area contributed by atoms with Crippen molar-refractivity contribution in [1.29, 1.82) is 0 Å². The summed E-state index contributed by atoms with van der Waals surface area (Å²) >= 11 is 0. The monoisotopic (exact) mass is 271 g/mol. The summed E-state index contributed by atoms with van der Waals surface area (Å²) in [6.45, 7) is 2.97. The van der Waals surface area contributed by atoms with E-state index in [9.17, 15) is 0 Å². The fraction of sp³-hybridized carbons (Fsp3) is 1.00. The second-order valence-electron chi connectivity index (χ2n) is 5.79. The molecule has 2 aliphatic carbocycles. The lowest BCUT2D eigenvalue weighted by Gasteiger charge is -2.46. The normalized spacial score (nSPS) is 39.0. The van der Waals surface area contributed by atoms with Gasteiger partial charge in [0.25, 0.3) is 0 Å². The maximum atomic E-state index is 6.26. The summed E-state index contributed by atoms with van der Waals surface area (Å²) in [5.41, 5.74) is 0. The lowest BCUT2D eigenvalue weighted by atomic mass is 9.84. The van der Waals surface area contributed by atoms with Gasteiger partial charge in [0, 0.05) is 19.8 Å². The first-order valence-electron chi connectivity index (χ1n) is 7.75. The lowest BCUT2D eigenvalue weighted by Crippen LogP contribution is -2.60. The van der Waals surface area contributed by atoms with Crippen molar-refractivity contribution < 1.29 is 14.2 Å². The Hall–Kier alpha value is -0.160. The van der Waals surface area contributed by atoms with Crippen molar-refractivity contribution in [2.45, 2.75) is 75.9 Å². The van der Waals surface area contributed by atoms with Crippen LogP contribution in [-0.4, -0.2) is 51.2 Å². The molecule has 0 saturated heterocycles. The maximum Gasteiger partial charge on any atom is 0.0990 e. The molecule has 0 bridgehead atoms. The number of rotatable bonds is 7. The second-order valence-corrected chi connectivity index (χ2v) is 5.79. The van der Waals surface area contributed by atoms with Crippen LogP contribution in [0.3, 0.4) is 0 Å². The van der Waals surface area contributed by atoms with Gasteiger partial charge >= 0.3 is 0 Å². The van der Waals surface area contributed by atoms with E-state index in [0.29, 0.717) is 18.2 Å². The Balaban J connectivity index is 1.78. The van der Waals surface area contributed by atoms with Crippen LogP contribution >= 0.6 is 0 Å². The van der Waals surface area contributed by atoms with Crippen molar-refractivity contribution in [3.05, 3.63) is 0 Å². The number of likely N-dealkylation sites (N-methyl/N-ethyl adjacent to an activating group) is 1. The molecule has 0 amide bonds. The van der Waals surface area contributed by atoms with Crippen LogP contribution in [0.25, 0.3) is 0 Å². The molecule has 19 heavy (non-hydrogen) atoms. The van der Waals surface area contributed by atoms with Crippen LogP contribution in [0.4, 0.5) is 0 Å². The minimum Gasteiger partial charge on any atom is -0.381 e. The van der Waals surface area contributed by atoms with E-state index in [-0.39, 0.29) is 12.2 Å². The molecule has 4 nitrogen and oxygen atoms in total. The average molecular weight is 271 g/mol. The van der Waals surface area contributed by atoms with E-state index in [1.165, 1.54) is 19.3 Å². The Morgan fingerprint density at radius 3 is 2.63 bits per heavy atom. The van der Waals surface area contributed by atoms with Gasteiger partial charge in [0.05, 0.1) is 24.4 Å². The average Bonchev–Trinajstić information content (AvgIpc) is 2.43. The quantitative estimate of drug-likeness (QED) is 0.770. The molecule has 0 aromatic rings. The highest BCUT2D eigenvalue weighted by molar-refractivity contribution is 4.97. The van der Waals surface area contributed by atoms with Crippen LogP contribution in [0, 0.1) is 0 Å². The lowest BCUT2D eigenvalue weighted by molar-refractivity contribution is -0.177. The van der Waals surface area contributed by atoms with Crippen molar-refractivity contribution >= 4 is 0 Å². The van der Waals surface area contributed by atoms with E-state index in [4.69, 9.17) is 14.2 Å². The number of methoxy groups -OCH3 is 1. The molecule has 0 radical (unpaired) electrons. The van der Waals surface area contributed by atoms with Gasteiger partial charge in [-0.05, 0) is 45.6 Å². The molecular formula is C15H29NO3. The summed E-state index contributed by atoms with van der Waals surface area (Å²) in [6.07, 6.45) is 7.97. The molecule has 0 aliphatic heterocycles. The third-order valence-electron chi connectivity index (χ3n) is 4.41. The zero-order valence-corrected chi connectivity index (χ0v) is 12.6. The molecule has 0 aromatic heterocycles. The first kappa shape index (κ1) is 15.2. The van der Waals surface area contributed by atoms with Crippen molar-refractivity contribution in [3.8, 4) is 0 Å². The van der Waals surface area contributed by atoms with E-state index in [1.54, 1.807) is 7.11 Å². The summed E-state index contributed by atoms with van der Waals surface area (Å²) < 4.78 is 17.6. The highest BCUT2D eigenvalue weighted by atomic mass is 16.6. The van der Waals surface area contributed by atoms with E-state index >= 15 is 0 Å². The molecule has 2 fully saturated rings. The van der Waals surface area contributed by atoms with Crippen LogP contribution in [-0.2, 0) is 14.2 Å². The summed E-state index contributed by atoms with van der Waals surface area (Å²) in [5, 5.41) is 3.32. The first-order chi connectivity index (χ1) is 9.28. The van der Waals surface area contributed by atoms with Crippen LogP contribution < -0.4 is 5.32 Å². The standard InChI is InChI=1S/C15H29NO3/c1-4-8-18-15-13(16-2)10-14(15)19-12-7-5-6-11(9-12)17-3/h11-16H,4-10H2,1-3H3. The summed E-state index contributed by atoms with van der Waals surface area (Å²) in [5.74, 6) is 0. The Kier molecular flexibility index (Phi) is 6.07. The predicted octanol–water partition coefficient (Wildman–Crippen LogP) is 2.12. The third kappa shape index (κ3) is 3.91. The smallest absolute Gasteiger partial charge is 0.0990 e. The fourth-order valence-electron chi connectivity index (χ4n) is 3.16. The molecular weight excluding hydrogens is 242 g/mol. The van der Waals surface area contributed by atoms with Gasteiger partial charge in [0.15, 0.2) is 0 Å². The van der Waals surface area contributed by atoms with E-state index in [0.717, 1.165) is 25.9 Å². The van der Waals surface area contributed by atoms with E-state index < -0.39 is 0 Å². The predicted molar refractivity (Wildman–Crippen MR) is 75.4 cm³/mol. The topological polar surface area (TPSA) is 39.7 Å². The highest BCUT2D eigenvalue weighted by Crippen LogP contribution is 2.32. The number of nitrogens with one attached hydrogen (secondary N) is 1. The van der Waals surface area contributed by atoms with Crippen molar-refractivity contribution in [2.24, 2.45) is 0 Å². The minimum absolute atomic E-state index is 0.230. The summed E-state index contributed by atoms with van der Waals surface area (Å²) in [7, 11) is 3.81. The summed E-state index contributed by atoms with van der Waals surface area (Å²) in [4.78, 5) is 0. The zero-order chi connectivity index (χ0) is 13.7. The first-order valence-corrected chi connectivity index (χ1v) is 7.75.